The van der Waals surface area contributed by atoms with Gasteiger partial charge in [-0.3, -0.25) is 4.68 Å². The van der Waals surface area contributed by atoms with E-state index in [9.17, 15) is 0 Å². The van der Waals surface area contributed by atoms with Crippen molar-refractivity contribution in [2.75, 3.05) is 5.32 Å². The number of nitrogens with zero attached hydrogens (tertiary/aromatic N) is 5. The van der Waals surface area contributed by atoms with Crippen LogP contribution in [0.25, 0.3) is 5.69 Å². The average molecular weight is 282 g/mol. The van der Waals surface area contributed by atoms with Crippen molar-refractivity contribution < 1.29 is 0 Å². The van der Waals surface area contributed by atoms with Gasteiger partial charge in [0.15, 0.2) is 0 Å². The molecule has 6 nitrogen and oxygen atoms in total. The molecule has 2 aromatic heterocycles. The summed E-state index contributed by atoms with van der Waals surface area (Å²) >= 11 is 0. The van der Waals surface area contributed by atoms with Gasteiger partial charge in [0.2, 0.25) is 0 Å². The molecule has 6 heteroatoms. The molecular formula is C15H18N6. The third-order valence-electron chi connectivity index (χ3n) is 3.19. The Morgan fingerprint density at radius 2 is 2.10 bits per heavy atom. The summed E-state index contributed by atoms with van der Waals surface area (Å²) in [6, 6.07) is 8.04. The molecule has 0 saturated carbocycles. The Bertz CT molecular complexity index is 686. The molecule has 1 aromatic carbocycles. The van der Waals surface area contributed by atoms with Gasteiger partial charge in [-0.15, -0.1) is 0 Å². The molecule has 0 aliphatic rings. The first-order chi connectivity index (χ1) is 10.4. The molecule has 3 aromatic rings. The Hall–Kier alpha value is -2.63. The molecule has 0 amide bonds. The van der Waals surface area contributed by atoms with E-state index in [1.165, 1.54) is 6.33 Å². The second-order valence-electron chi connectivity index (χ2n) is 4.82. The summed E-state index contributed by atoms with van der Waals surface area (Å²) in [4.78, 5) is 3.99. The van der Waals surface area contributed by atoms with Crippen LogP contribution in [0.4, 0.5) is 5.69 Å². The SMILES string of the molecule is CCCn1cc(CNc2ccccc2-n2cncn2)cn1. The van der Waals surface area contributed by atoms with Gasteiger partial charge < -0.3 is 5.32 Å². The maximum absolute atomic E-state index is 4.34. The fourth-order valence-electron chi connectivity index (χ4n) is 2.20. The van der Waals surface area contributed by atoms with E-state index in [4.69, 9.17) is 0 Å². The second-order valence-corrected chi connectivity index (χ2v) is 4.82. The molecule has 0 spiro atoms. The maximum atomic E-state index is 4.34. The number of anilines is 1. The van der Waals surface area contributed by atoms with Crippen molar-refractivity contribution in [3.8, 4) is 5.69 Å². The first-order valence-corrected chi connectivity index (χ1v) is 7.06. The van der Waals surface area contributed by atoms with Crippen molar-refractivity contribution in [1.82, 2.24) is 24.5 Å². The van der Waals surface area contributed by atoms with Crippen LogP contribution in [0.5, 0.6) is 0 Å². The van der Waals surface area contributed by atoms with Crippen LogP contribution in [-0.2, 0) is 13.1 Å². The van der Waals surface area contributed by atoms with Crippen LogP contribution >= 0.6 is 0 Å². The van der Waals surface area contributed by atoms with Crippen LogP contribution in [0.2, 0.25) is 0 Å². The van der Waals surface area contributed by atoms with Crippen LogP contribution in [0.15, 0.2) is 49.3 Å². The molecule has 3 rings (SSSR count). The van der Waals surface area contributed by atoms with E-state index < -0.39 is 0 Å². The molecule has 2 heterocycles. The van der Waals surface area contributed by atoms with Crippen molar-refractivity contribution in [3.05, 3.63) is 54.9 Å². The highest BCUT2D eigenvalue weighted by molar-refractivity contribution is 5.60. The largest absolute Gasteiger partial charge is 0.379 e. The smallest absolute Gasteiger partial charge is 0.138 e. The van der Waals surface area contributed by atoms with Gasteiger partial charge in [-0.25, -0.2) is 9.67 Å². The van der Waals surface area contributed by atoms with Gasteiger partial charge in [-0.05, 0) is 18.6 Å². The summed E-state index contributed by atoms with van der Waals surface area (Å²) in [5, 5.41) is 12.0. The van der Waals surface area contributed by atoms with Gasteiger partial charge in [0.05, 0.1) is 17.6 Å². The molecule has 1 N–H and O–H groups in total. The topological polar surface area (TPSA) is 60.6 Å². The zero-order valence-corrected chi connectivity index (χ0v) is 12.0. The molecule has 0 bridgehead atoms. The molecular weight excluding hydrogens is 264 g/mol. The van der Waals surface area contributed by atoms with E-state index in [0.29, 0.717) is 0 Å². The number of rotatable bonds is 6. The minimum atomic E-state index is 0.732. The van der Waals surface area contributed by atoms with Crippen molar-refractivity contribution in [2.24, 2.45) is 0 Å². The number of aryl methyl sites for hydroxylation is 1. The molecule has 21 heavy (non-hydrogen) atoms. The molecule has 0 unspecified atom stereocenters. The highest BCUT2D eigenvalue weighted by Crippen LogP contribution is 2.19. The molecule has 0 fully saturated rings. The lowest BCUT2D eigenvalue weighted by Crippen LogP contribution is -2.04. The molecule has 0 saturated heterocycles. The minimum absolute atomic E-state index is 0.732. The summed E-state index contributed by atoms with van der Waals surface area (Å²) in [5.74, 6) is 0. The molecule has 108 valence electrons. The fourth-order valence-corrected chi connectivity index (χ4v) is 2.20. The average Bonchev–Trinajstić information content (AvgIpc) is 3.17. The van der Waals surface area contributed by atoms with Crippen molar-refractivity contribution in [2.45, 2.75) is 26.4 Å². The summed E-state index contributed by atoms with van der Waals surface area (Å²) < 4.78 is 3.73. The second kappa shape index (κ2) is 6.21. The van der Waals surface area contributed by atoms with Crippen LogP contribution < -0.4 is 5.32 Å². The van der Waals surface area contributed by atoms with Gasteiger partial charge in [0.25, 0.3) is 0 Å². The number of aromatic nitrogens is 5. The molecule has 0 radical (unpaired) electrons. The van der Waals surface area contributed by atoms with Gasteiger partial charge in [0, 0.05) is 24.8 Å². The fraction of sp³-hybridized carbons (Fsp3) is 0.267. The third-order valence-corrected chi connectivity index (χ3v) is 3.19. The lowest BCUT2D eigenvalue weighted by molar-refractivity contribution is 0.602. The summed E-state index contributed by atoms with van der Waals surface area (Å²) in [6.07, 6.45) is 8.30. The quantitative estimate of drug-likeness (QED) is 0.754. The van der Waals surface area contributed by atoms with E-state index in [1.54, 1.807) is 11.0 Å². The normalized spacial score (nSPS) is 10.7. The van der Waals surface area contributed by atoms with Crippen LogP contribution in [0.1, 0.15) is 18.9 Å². The van der Waals surface area contributed by atoms with Crippen molar-refractivity contribution in [1.29, 1.82) is 0 Å². The van der Waals surface area contributed by atoms with Crippen molar-refractivity contribution in [3.63, 3.8) is 0 Å². The van der Waals surface area contributed by atoms with Crippen LogP contribution in [-0.4, -0.2) is 24.5 Å². The van der Waals surface area contributed by atoms with E-state index >= 15 is 0 Å². The highest BCUT2D eigenvalue weighted by atomic mass is 15.3. The van der Waals surface area contributed by atoms with Crippen LogP contribution in [0, 0.1) is 0 Å². The molecule has 0 aliphatic carbocycles. The van der Waals surface area contributed by atoms with Gasteiger partial charge >= 0.3 is 0 Å². The Morgan fingerprint density at radius 3 is 2.90 bits per heavy atom. The zero-order valence-electron chi connectivity index (χ0n) is 12.0. The first-order valence-electron chi connectivity index (χ1n) is 7.06. The molecule has 0 aliphatic heterocycles. The van der Waals surface area contributed by atoms with Crippen molar-refractivity contribution >= 4 is 5.69 Å². The van der Waals surface area contributed by atoms with Gasteiger partial charge in [0.1, 0.15) is 12.7 Å². The Kier molecular flexibility index (Phi) is 3.95. The first kappa shape index (κ1) is 13.4. The van der Waals surface area contributed by atoms with E-state index in [-0.39, 0.29) is 0 Å². The van der Waals surface area contributed by atoms with Gasteiger partial charge in [-0.2, -0.15) is 10.2 Å². The number of hydrogen-bond acceptors (Lipinski definition) is 4. The summed E-state index contributed by atoms with van der Waals surface area (Å²) in [5.41, 5.74) is 3.17. The number of benzene rings is 1. The predicted octanol–water partition coefficient (Wildman–Crippen LogP) is 2.49. The maximum Gasteiger partial charge on any atom is 0.138 e. The molecule has 0 atom stereocenters. The minimum Gasteiger partial charge on any atom is -0.379 e. The lowest BCUT2D eigenvalue weighted by atomic mass is 10.2. The number of para-hydroxylation sites is 2. The highest BCUT2D eigenvalue weighted by Gasteiger charge is 2.05. The Balaban J connectivity index is 1.73. The number of nitrogens with one attached hydrogen (secondary N) is 1. The van der Waals surface area contributed by atoms with Crippen LogP contribution in [0.3, 0.4) is 0 Å². The number of hydrogen-bond donors (Lipinski definition) is 1. The van der Waals surface area contributed by atoms with E-state index in [2.05, 4.69) is 33.6 Å². The Labute approximate surface area is 123 Å². The zero-order chi connectivity index (χ0) is 14.5. The lowest BCUT2D eigenvalue weighted by Gasteiger charge is -2.10. The summed E-state index contributed by atoms with van der Waals surface area (Å²) in [6.45, 7) is 3.83. The Morgan fingerprint density at radius 1 is 1.19 bits per heavy atom. The summed E-state index contributed by atoms with van der Waals surface area (Å²) in [7, 11) is 0. The van der Waals surface area contributed by atoms with Gasteiger partial charge in [-0.1, -0.05) is 19.1 Å². The van der Waals surface area contributed by atoms with E-state index in [1.807, 2.05) is 35.1 Å². The predicted molar refractivity (Wildman–Crippen MR) is 81.2 cm³/mol. The van der Waals surface area contributed by atoms with E-state index in [0.717, 1.165) is 36.4 Å². The standard InChI is InChI=1S/C15H18N6/c1-2-7-20-10-13(9-18-20)8-17-14-5-3-4-6-15(14)21-12-16-11-19-21/h3-6,9-12,17H,2,7-8H2,1H3. The third kappa shape index (κ3) is 3.10. The monoisotopic (exact) mass is 282 g/mol.